The van der Waals surface area contributed by atoms with Crippen molar-refractivity contribution in [2.75, 3.05) is 18.0 Å². The molecule has 3 rings (SSSR count). The van der Waals surface area contributed by atoms with Crippen molar-refractivity contribution >= 4 is 49.1 Å². The first kappa shape index (κ1) is 22.1. The summed E-state index contributed by atoms with van der Waals surface area (Å²) in [6, 6.07) is 18.9. The van der Waals surface area contributed by atoms with E-state index in [1.165, 1.54) is 37.4 Å². The highest BCUT2D eigenvalue weighted by molar-refractivity contribution is 9.10. The minimum absolute atomic E-state index is 0.0345. The third-order valence-corrected chi connectivity index (χ3v) is 6.59. The lowest BCUT2D eigenvalue weighted by molar-refractivity contribution is -0.119. The Labute approximate surface area is 188 Å². The lowest BCUT2D eigenvalue weighted by Gasteiger charge is -2.23. The summed E-state index contributed by atoms with van der Waals surface area (Å²) in [6.07, 6.45) is 0. The van der Waals surface area contributed by atoms with Crippen LogP contribution in [0.2, 0.25) is 5.02 Å². The van der Waals surface area contributed by atoms with Gasteiger partial charge in [-0.2, -0.15) is 4.31 Å². The molecule has 0 spiro atoms. The van der Waals surface area contributed by atoms with Crippen LogP contribution < -0.4 is 13.8 Å². The molecule has 0 atom stereocenters. The molecular formula is C21H17BrClNO5S. The average molecular weight is 511 g/mol. The van der Waals surface area contributed by atoms with Gasteiger partial charge in [-0.25, -0.2) is 8.42 Å². The van der Waals surface area contributed by atoms with Gasteiger partial charge in [0.2, 0.25) is 0 Å². The van der Waals surface area contributed by atoms with E-state index >= 15 is 0 Å². The highest BCUT2D eigenvalue weighted by Gasteiger charge is 2.31. The zero-order valence-electron chi connectivity index (χ0n) is 15.8. The second-order valence-electron chi connectivity index (χ2n) is 6.04. The zero-order chi connectivity index (χ0) is 21.7. The van der Waals surface area contributed by atoms with E-state index in [-0.39, 0.29) is 15.6 Å². The maximum atomic E-state index is 13.3. The molecule has 0 aromatic heterocycles. The van der Waals surface area contributed by atoms with Gasteiger partial charge in [-0.15, -0.1) is 0 Å². The zero-order valence-corrected chi connectivity index (χ0v) is 18.9. The van der Waals surface area contributed by atoms with Crippen LogP contribution in [0.1, 0.15) is 0 Å². The third kappa shape index (κ3) is 4.95. The third-order valence-electron chi connectivity index (χ3n) is 4.04. The molecule has 0 aliphatic rings. The van der Waals surface area contributed by atoms with E-state index in [1.807, 2.05) is 0 Å². The minimum Gasteiger partial charge on any atom is -0.495 e. The van der Waals surface area contributed by atoms with Gasteiger partial charge in [-0.3, -0.25) is 4.79 Å². The Bertz CT molecular complexity index is 1160. The van der Waals surface area contributed by atoms with Crippen molar-refractivity contribution in [1.82, 2.24) is 0 Å². The van der Waals surface area contributed by atoms with Gasteiger partial charge in [-0.1, -0.05) is 51.8 Å². The highest BCUT2D eigenvalue weighted by atomic mass is 79.9. The van der Waals surface area contributed by atoms with Crippen molar-refractivity contribution < 1.29 is 22.7 Å². The number of benzene rings is 3. The monoisotopic (exact) mass is 509 g/mol. The largest absolute Gasteiger partial charge is 0.495 e. The molecule has 0 aliphatic heterocycles. The molecule has 0 saturated carbocycles. The second-order valence-corrected chi connectivity index (χ2v) is 9.15. The Morgan fingerprint density at radius 2 is 1.77 bits per heavy atom. The van der Waals surface area contributed by atoms with Crippen LogP contribution in [0.4, 0.5) is 5.69 Å². The summed E-state index contributed by atoms with van der Waals surface area (Å²) in [4.78, 5) is 13.0. The van der Waals surface area contributed by atoms with E-state index in [1.54, 1.807) is 42.5 Å². The van der Waals surface area contributed by atoms with Crippen LogP contribution in [0.25, 0.3) is 0 Å². The molecule has 1 amide bonds. The summed E-state index contributed by atoms with van der Waals surface area (Å²) in [5, 5.41) is 0.170. The van der Waals surface area contributed by atoms with E-state index in [0.717, 1.165) is 4.47 Å². The molecule has 0 fully saturated rings. The first-order chi connectivity index (χ1) is 14.3. The van der Waals surface area contributed by atoms with E-state index < -0.39 is 22.5 Å². The molecule has 0 saturated heterocycles. The molecule has 0 bridgehead atoms. The van der Waals surface area contributed by atoms with Gasteiger partial charge in [0.15, 0.2) is 6.61 Å². The lowest BCUT2D eigenvalue weighted by Crippen LogP contribution is -2.40. The predicted octanol–water partition coefficient (Wildman–Crippen LogP) is 4.91. The molecule has 156 valence electrons. The Balaban J connectivity index is 1.99. The van der Waals surface area contributed by atoms with Gasteiger partial charge in [0, 0.05) is 4.47 Å². The number of hydrogen-bond acceptors (Lipinski definition) is 5. The number of carbonyl (C=O) groups is 1. The van der Waals surface area contributed by atoms with Crippen molar-refractivity contribution in [2.24, 2.45) is 0 Å². The highest BCUT2D eigenvalue weighted by Crippen LogP contribution is 2.32. The van der Waals surface area contributed by atoms with Crippen LogP contribution in [-0.2, 0) is 14.8 Å². The molecule has 9 heteroatoms. The SMILES string of the molecule is COc1ccc(N(C(=O)COc2cccc(Br)c2)S(=O)(=O)c2ccccc2)cc1Cl. The average Bonchev–Trinajstić information content (AvgIpc) is 2.73. The second kappa shape index (κ2) is 9.51. The summed E-state index contributed by atoms with van der Waals surface area (Å²) >= 11 is 9.49. The molecule has 0 N–H and O–H groups in total. The topological polar surface area (TPSA) is 72.9 Å². The number of amides is 1. The summed E-state index contributed by atoms with van der Waals surface area (Å²) in [5.74, 6) is -0.00193. The van der Waals surface area contributed by atoms with Crippen molar-refractivity contribution in [2.45, 2.75) is 4.90 Å². The molecule has 6 nitrogen and oxygen atoms in total. The van der Waals surface area contributed by atoms with E-state index in [9.17, 15) is 13.2 Å². The molecule has 0 radical (unpaired) electrons. The number of halogens is 2. The first-order valence-corrected chi connectivity index (χ1v) is 11.3. The van der Waals surface area contributed by atoms with Crippen LogP contribution >= 0.6 is 27.5 Å². The van der Waals surface area contributed by atoms with Gasteiger partial charge in [0.1, 0.15) is 11.5 Å². The Morgan fingerprint density at radius 3 is 2.40 bits per heavy atom. The number of methoxy groups -OCH3 is 1. The van der Waals surface area contributed by atoms with Gasteiger partial charge in [0.05, 0.1) is 22.7 Å². The fourth-order valence-electron chi connectivity index (χ4n) is 2.66. The quantitative estimate of drug-likeness (QED) is 0.451. The molecule has 30 heavy (non-hydrogen) atoms. The van der Waals surface area contributed by atoms with E-state index in [2.05, 4.69) is 15.9 Å². The summed E-state index contributed by atoms with van der Waals surface area (Å²) < 4.78 is 38.6. The van der Waals surface area contributed by atoms with Crippen molar-refractivity contribution in [3.8, 4) is 11.5 Å². The smallest absolute Gasteiger partial charge is 0.278 e. The number of hydrogen-bond donors (Lipinski definition) is 0. The van der Waals surface area contributed by atoms with Gasteiger partial charge in [-0.05, 0) is 48.5 Å². The standard InChI is InChI=1S/C21H17BrClNO5S/c1-28-20-11-10-16(13-19(20)23)24(30(26,27)18-8-3-2-4-9-18)21(25)14-29-17-7-5-6-15(22)12-17/h2-13H,14H2,1H3. The van der Waals surface area contributed by atoms with Gasteiger partial charge >= 0.3 is 0 Å². The maximum Gasteiger partial charge on any atom is 0.278 e. The number of ether oxygens (including phenoxy) is 2. The maximum absolute atomic E-state index is 13.3. The van der Waals surface area contributed by atoms with Crippen molar-refractivity contribution in [1.29, 1.82) is 0 Å². The number of rotatable bonds is 7. The van der Waals surface area contributed by atoms with Crippen LogP contribution in [0.5, 0.6) is 11.5 Å². The van der Waals surface area contributed by atoms with Gasteiger partial charge in [0.25, 0.3) is 15.9 Å². The Hall–Kier alpha value is -2.55. The van der Waals surface area contributed by atoms with Crippen LogP contribution in [-0.4, -0.2) is 28.0 Å². The van der Waals surface area contributed by atoms with E-state index in [4.69, 9.17) is 21.1 Å². The molecule has 0 aliphatic carbocycles. The normalized spacial score (nSPS) is 11.0. The fraction of sp³-hybridized carbons (Fsp3) is 0.0952. The summed E-state index contributed by atoms with van der Waals surface area (Å²) in [6.45, 7) is -0.494. The Morgan fingerprint density at radius 1 is 1.03 bits per heavy atom. The van der Waals surface area contributed by atoms with Crippen molar-refractivity contribution in [3.63, 3.8) is 0 Å². The van der Waals surface area contributed by atoms with Crippen molar-refractivity contribution in [3.05, 3.63) is 82.3 Å². The predicted molar refractivity (Wildman–Crippen MR) is 119 cm³/mol. The number of carbonyl (C=O) groups excluding carboxylic acids is 1. The Kier molecular flexibility index (Phi) is 7.02. The first-order valence-electron chi connectivity index (χ1n) is 8.68. The fourth-order valence-corrected chi connectivity index (χ4v) is 4.71. The number of nitrogens with zero attached hydrogens (tertiary/aromatic N) is 1. The van der Waals surface area contributed by atoms with Crippen LogP contribution in [0.3, 0.4) is 0 Å². The minimum atomic E-state index is -4.21. The molecule has 0 unspecified atom stereocenters. The van der Waals surface area contributed by atoms with Crippen LogP contribution in [0.15, 0.2) is 82.2 Å². The molecule has 0 heterocycles. The number of anilines is 1. The summed E-state index contributed by atoms with van der Waals surface area (Å²) in [7, 11) is -2.77. The van der Waals surface area contributed by atoms with Crippen LogP contribution in [0, 0.1) is 0 Å². The molecule has 3 aromatic rings. The lowest BCUT2D eigenvalue weighted by atomic mass is 10.3. The van der Waals surface area contributed by atoms with Gasteiger partial charge < -0.3 is 9.47 Å². The van der Waals surface area contributed by atoms with E-state index in [0.29, 0.717) is 15.8 Å². The number of sulfonamides is 1. The molecular weight excluding hydrogens is 494 g/mol. The summed E-state index contributed by atoms with van der Waals surface area (Å²) in [5.41, 5.74) is 0.0764. The molecule has 3 aromatic carbocycles.